The molecule has 0 aliphatic carbocycles. The predicted octanol–water partition coefficient (Wildman–Crippen LogP) is 3.38. The molecule has 1 aromatic rings. The molecule has 1 aliphatic heterocycles. The van der Waals surface area contributed by atoms with Gasteiger partial charge in [0.15, 0.2) is 9.84 Å². The monoisotopic (exact) mass is 349 g/mol. The van der Waals surface area contributed by atoms with Crippen LogP contribution in [0.3, 0.4) is 0 Å². The Morgan fingerprint density at radius 3 is 2.62 bits per heavy atom. The highest BCUT2D eigenvalue weighted by molar-refractivity contribution is 7.91. The molecule has 0 saturated carbocycles. The molecule has 0 radical (unpaired) electrons. The van der Waals surface area contributed by atoms with E-state index in [0.717, 1.165) is 23.7 Å². The second-order valence-electron chi connectivity index (χ2n) is 6.96. The molecule has 1 aromatic heterocycles. The van der Waals surface area contributed by atoms with Crippen LogP contribution in [0.25, 0.3) is 0 Å². The number of hydrogen-bond donors (Lipinski definition) is 1. The molecular weight excluding hydrogens is 326 g/mol. The summed E-state index contributed by atoms with van der Waals surface area (Å²) in [4.78, 5) is 1.24. The van der Waals surface area contributed by atoms with Crippen molar-refractivity contribution in [2.45, 2.75) is 39.2 Å². The van der Waals surface area contributed by atoms with Crippen LogP contribution in [0.1, 0.15) is 32.1 Å². The van der Waals surface area contributed by atoms with Gasteiger partial charge in [0.25, 0.3) is 0 Å². The Balaban J connectivity index is 2.06. The Morgan fingerprint density at radius 2 is 2.14 bits per heavy atom. The normalized spacial score (nSPS) is 23.3. The smallest absolute Gasteiger partial charge is 0.150 e. The average Bonchev–Trinajstić information content (AvgIpc) is 2.89. The van der Waals surface area contributed by atoms with Gasteiger partial charge < -0.3 is 5.32 Å². The van der Waals surface area contributed by atoms with Gasteiger partial charge in [-0.3, -0.25) is 0 Å². The van der Waals surface area contributed by atoms with E-state index in [4.69, 9.17) is 11.6 Å². The molecule has 2 atom stereocenters. The van der Waals surface area contributed by atoms with Crippen LogP contribution in [0.5, 0.6) is 0 Å². The number of thiophene rings is 1. The molecule has 0 amide bonds. The highest BCUT2D eigenvalue weighted by Crippen LogP contribution is 2.31. The van der Waals surface area contributed by atoms with Crippen LogP contribution < -0.4 is 5.32 Å². The summed E-state index contributed by atoms with van der Waals surface area (Å²) in [5, 5.41) is 3.53. The molecule has 0 bridgehead atoms. The zero-order chi connectivity index (χ0) is 15.7. The zero-order valence-electron chi connectivity index (χ0n) is 12.9. The molecule has 0 aromatic carbocycles. The van der Waals surface area contributed by atoms with Crippen LogP contribution in [0, 0.1) is 11.8 Å². The Kier molecular flexibility index (Phi) is 5.40. The third kappa shape index (κ3) is 5.55. The van der Waals surface area contributed by atoms with Gasteiger partial charge in [-0.25, -0.2) is 8.42 Å². The Hall–Kier alpha value is -0.100. The van der Waals surface area contributed by atoms with E-state index in [1.54, 1.807) is 11.3 Å². The van der Waals surface area contributed by atoms with E-state index in [9.17, 15) is 8.42 Å². The average molecular weight is 350 g/mol. The molecule has 21 heavy (non-hydrogen) atoms. The van der Waals surface area contributed by atoms with E-state index in [1.807, 2.05) is 6.07 Å². The van der Waals surface area contributed by atoms with Gasteiger partial charge in [-0.05, 0) is 64.1 Å². The van der Waals surface area contributed by atoms with Crippen molar-refractivity contribution in [2.24, 2.45) is 11.8 Å². The fourth-order valence-corrected chi connectivity index (χ4v) is 5.86. The van der Waals surface area contributed by atoms with Crippen molar-refractivity contribution in [1.29, 1.82) is 0 Å². The fourth-order valence-electron chi connectivity index (χ4n) is 2.76. The molecular formula is C15H24ClNO2S2. The first-order valence-corrected chi connectivity index (χ1v) is 10.4. The summed E-state index contributed by atoms with van der Waals surface area (Å²) in [6.07, 6.45) is 1.69. The Morgan fingerprint density at radius 1 is 1.43 bits per heavy atom. The number of nitrogens with one attached hydrogen (secondary N) is 1. The SMILES string of the molecule is CC(C)(C)NCC(Cc1ccc(Cl)s1)C1CCS(=O)(=O)C1. The second kappa shape index (κ2) is 6.57. The zero-order valence-corrected chi connectivity index (χ0v) is 15.2. The number of rotatable bonds is 5. The highest BCUT2D eigenvalue weighted by atomic mass is 35.5. The summed E-state index contributed by atoms with van der Waals surface area (Å²) >= 11 is 7.60. The Labute approximate surface area is 137 Å². The summed E-state index contributed by atoms with van der Waals surface area (Å²) in [7, 11) is -2.83. The molecule has 1 fully saturated rings. The second-order valence-corrected chi connectivity index (χ2v) is 11.0. The molecule has 1 saturated heterocycles. The van der Waals surface area contributed by atoms with Crippen LogP contribution in [-0.4, -0.2) is 32.0 Å². The lowest BCUT2D eigenvalue weighted by atomic mass is 9.87. The first-order chi connectivity index (χ1) is 9.65. The molecule has 1 aliphatic rings. The van der Waals surface area contributed by atoms with Gasteiger partial charge in [-0.15, -0.1) is 11.3 Å². The third-order valence-electron chi connectivity index (χ3n) is 3.92. The minimum atomic E-state index is -2.83. The molecule has 6 heteroatoms. The van der Waals surface area contributed by atoms with E-state index in [2.05, 4.69) is 32.2 Å². The van der Waals surface area contributed by atoms with E-state index < -0.39 is 9.84 Å². The summed E-state index contributed by atoms with van der Waals surface area (Å²) in [5.74, 6) is 1.28. The van der Waals surface area contributed by atoms with Crippen molar-refractivity contribution in [1.82, 2.24) is 5.32 Å². The first kappa shape index (κ1) is 17.3. The maximum Gasteiger partial charge on any atom is 0.150 e. The van der Waals surface area contributed by atoms with Crippen LogP contribution >= 0.6 is 22.9 Å². The standard InChI is InChI=1S/C15H24ClNO2S2/c1-15(2,3)17-9-12(8-13-4-5-14(16)20-13)11-6-7-21(18,19)10-11/h4-5,11-12,17H,6-10H2,1-3H3. The van der Waals surface area contributed by atoms with Crippen molar-refractivity contribution < 1.29 is 8.42 Å². The lowest BCUT2D eigenvalue weighted by Gasteiger charge is -2.28. The Bertz CT molecular complexity index is 575. The molecule has 120 valence electrons. The summed E-state index contributed by atoms with van der Waals surface area (Å²) in [5.41, 5.74) is 0.0445. The van der Waals surface area contributed by atoms with Crippen LogP contribution in [-0.2, 0) is 16.3 Å². The summed E-state index contributed by atoms with van der Waals surface area (Å²) in [6.45, 7) is 7.26. The van der Waals surface area contributed by atoms with Crippen molar-refractivity contribution in [2.75, 3.05) is 18.1 Å². The largest absolute Gasteiger partial charge is 0.312 e. The molecule has 2 rings (SSSR count). The van der Waals surface area contributed by atoms with Crippen molar-refractivity contribution in [3.8, 4) is 0 Å². The lowest BCUT2D eigenvalue weighted by Crippen LogP contribution is -2.41. The van der Waals surface area contributed by atoms with E-state index in [1.165, 1.54) is 4.88 Å². The van der Waals surface area contributed by atoms with Crippen LogP contribution in [0.2, 0.25) is 4.34 Å². The fraction of sp³-hybridized carbons (Fsp3) is 0.733. The number of hydrogen-bond acceptors (Lipinski definition) is 4. The van der Waals surface area contributed by atoms with Gasteiger partial charge in [0.2, 0.25) is 0 Å². The van der Waals surface area contributed by atoms with E-state index >= 15 is 0 Å². The van der Waals surface area contributed by atoms with E-state index in [0.29, 0.717) is 17.4 Å². The maximum absolute atomic E-state index is 11.8. The summed E-state index contributed by atoms with van der Waals surface area (Å²) in [6, 6.07) is 3.97. The van der Waals surface area contributed by atoms with Gasteiger partial charge >= 0.3 is 0 Å². The quantitative estimate of drug-likeness (QED) is 0.886. The lowest BCUT2D eigenvalue weighted by molar-refractivity contribution is 0.303. The predicted molar refractivity (Wildman–Crippen MR) is 91.0 cm³/mol. The van der Waals surface area contributed by atoms with Gasteiger partial charge in [0.1, 0.15) is 0 Å². The van der Waals surface area contributed by atoms with Crippen LogP contribution in [0.15, 0.2) is 12.1 Å². The molecule has 2 unspecified atom stereocenters. The molecule has 0 spiro atoms. The third-order valence-corrected chi connectivity index (χ3v) is 6.97. The van der Waals surface area contributed by atoms with Crippen molar-refractivity contribution in [3.63, 3.8) is 0 Å². The summed E-state index contributed by atoms with van der Waals surface area (Å²) < 4.78 is 24.3. The van der Waals surface area contributed by atoms with Crippen LogP contribution in [0.4, 0.5) is 0 Å². The number of halogens is 1. The molecule has 2 heterocycles. The van der Waals surface area contributed by atoms with Crippen molar-refractivity contribution >= 4 is 32.8 Å². The van der Waals surface area contributed by atoms with E-state index in [-0.39, 0.29) is 11.5 Å². The van der Waals surface area contributed by atoms with Gasteiger partial charge in [0.05, 0.1) is 15.8 Å². The minimum absolute atomic E-state index is 0.0445. The maximum atomic E-state index is 11.8. The molecule has 1 N–H and O–H groups in total. The molecule has 3 nitrogen and oxygen atoms in total. The van der Waals surface area contributed by atoms with Gasteiger partial charge in [-0.2, -0.15) is 0 Å². The highest BCUT2D eigenvalue weighted by Gasteiger charge is 2.34. The number of sulfone groups is 1. The van der Waals surface area contributed by atoms with Gasteiger partial charge in [-0.1, -0.05) is 11.6 Å². The topological polar surface area (TPSA) is 46.2 Å². The minimum Gasteiger partial charge on any atom is -0.312 e. The first-order valence-electron chi connectivity index (χ1n) is 7.34. The van der Waals surface area contributed by atoms with Crippen molar-refractivity contribution in [3.05, 3.63) is 21.3 Å². The van der Waals surface area contributed by atoms with Gasteiger partial charge in [0, 0.05) is 10.4 Å².